The van der Waals surface area contributed by atoms with E-state index in [2.05, 4.69) is 35.8 Å². The van der Waals surface area contributed by atoms with E-state index in [1.165, 1.54) is 0 Å². The second-order valence-corrected chi connectivity index (χ2v) is 2.63. The van der Waals surface area contributed by atoms with Crippen molar-refractivity contribution in [3.8, 4) is 0 Å². The molecule has 0 aliphatic heterocycles. The van der Waals surface area contributed by atoms with E-state index in [1.54, 1.807) is 12.3 Å². The smallest absolute Gasteiger partial charge is 0.226 e. The summed E-state index contributed by atoms with van der Waals surface area (Å²) in [5.74, 6) is 0. The van der Waals surface area contributed by atoms with Gasteiger partial charge in [-0.2, -0.15) is 0 Å². The van der Waals surface area contributed by atoms with Gasteiger partial charge in [0, 0.05) is 6.20 Å². The van der Waals surface area contributed by atoms with Crippen molar-refractivity contribution in [2.24, 2.45) is 0 Å². The third-order valence-corrected chi connectivity index (χ3v) is 1.82. The lowest BCUT2D eigenvalue weighted by Crippen LogP contribution is -1.98. The van der Waals surface area contributed by atoms with Crippen LogP contribution in [0.15, 0.2) is 18.3 Å². The Labute approximate surface area is 77.2 Å². The summed E-state index contributed by atoms with van der Waals surface area (Å²) in [7, 11) is 0. The molecule has 0 aromatic carbocycles. The molecule has 0 atom stereocenters. The largest absolute Gasteiger partial charge is 0.235 e. The molecular weight excluding hydrogens is 182 g/mol. The molecule has 0 saturated heterocycles. The van der Waals surface area contributed by atoms with Gasteiger partial charge in [0.05, 0.1) is 5.39 Å². The van der Waals surface area contributed by atoms with Gasteiger partial charge in [0.15, 0.2) is 5.65 Å². The van der Waals surface area contributed by atoms with Crippen LogP contribution in [-0.2, 0) is 0 Å². The fourth-order valence-corrected chi connectivity index (χ4v) is 1.22. The molecule has 3 heterocycles. The van der Waals surface area contributed by atoms with Crippen LogP contribution < -0.4 is 0 Å². The minimum absolute atomic E-state index is 0.375. The van der Waals surface area contributed by atoms with E-state index in [0.29, 0.717) is 16.8 Å². The highest BCUT2D eigenvalue weighted by molar-refractivity contribution is 5.97. The summed E-state index contributed by atoms with van der Waals surface area (Å²) in [5, 5.41) is 22.9. The molecule has 0 aliphatic carbocycles. The van der Waals surface area contributed by atoms with E-state index >= 15 is 0 Å². The first kappa shape index (κ1) is 7.13. The normalized spacial score (nSPS) is 10.9. The van der Waals surface area contributed by atoms with E-state index in [0.717, 1.165) is 5.39 Å². The Hall–Kier alpha value is -2.31. The number of hydrogen-bond donors (Lipinski definition) is 0. The average molecular weight is 185 g/mol. The Kier molecular flexibility index (Phi) is 1.32. The first-order chi connectivity index (χ1) is 6.95. The number of rotatable bonds is 0. The zero-order valence-electron chi connectivity index (χ0n) is 6.86. The Bertz CT molecular complexity index is 553. The summed E-state index contributed by atoms with van der Waals surface area (Å²) < 4.78 is 0. The molecule has 0 bridgehead atoms. The van der Waals surface area contributed by atoms with Gasteiger partial charge in [-0.1, -0.05) is 0 Å². The standard InChI is InChI=1S/C7H3N7/c1-2-4-5-7(12-14-13-9-5)11-10-6(4)8-3-1/h1-3H. The van der Waals surface area contributed by atoms with E-state index < -0.39 is 0 Å². The van der Waals surface area contributed by atoms with Crippen molar-refractivity contribution in [2.75, 3.05) is 0 Å². The van der Waals surface area contributed by atoms with E-state index in [1.807, 2.05) is 6.07 Å². The van der Waals surface area contributed by atoms with Gasteiger partial charge in [-0.05, 0) is 22.6 Å². The van der Waals surface area contributed by atoms with Crippen LogP contribution in [0.3, 0.4) is 0 Å². The van der Waals surface area contributed by atoms with Crippen LogP contribution in [0.2, 0.25) is 0 Å². The predicted octanol–water partition coefficient (Wildman–Crippen LogP) is -0.242. The van der Waals surface area contributed by atoms with Gasteiger partial charge >= 0.3 is 0 Å². The third-order valence-electron chi connectivity index (χ3n) is 1.82. The quantitative estimate of drug-likeness (QED) is 0.446. The minimum Gasteiger partial charge on any atom is -0.235 e. The molecular formula is C7H3N7. The van der Waals surface area contributed by atoms with Crippen molar-refractivity contribution in [3.63, 3.8) is 0 Å². The number of aromatic nitrogens is 7. The lowest BCUT2D eigenvalue weighted by Gasteiger charge is -1.95. The number of fused-ring (bicyclic) bond motifs is 3. The summed E-state index contributed by atoms with van der Waals surface area (Å²) in [6.07, 6.45) is 1.64. The van der Waals surface area contributed by atoms with Crippen LogP contribution in [0.4, 0.5) is 0 Å². The summed E-state index contributed by atoms with van der Waals surface area (Å²) in [6.45, 7) is 0. The van der Waals surface area contributed by atoms with Crippen LogP contribution in [0.25, 0.3) is 22.2 Å². The first-order valence-electron chi connectivity index (χ1n) is 3.88. The van der Waals surface area contributed by atoms with Gasteiger partial charge in [-0.25, -0.2) is 4.98 Å². The monoisotopic (exact) mass is 185 g/mol. The minimum atomic E-state index is 0.375. The highest BCUT2D eigenvalue weighted by Gasteiger charge is 2.05. The van der Waals surface area contributed by atoms with Crippen molar-refractivity contribution in [1.29, 1.82) is 0 Å². The topological polar surface area (TPSA) is 90.2 Å². The molecule has 0 saturated carbocycles. The molecule has 3 rings (SSSR count). The van der Waals surface area contributed by atoms with Crippen LogP contribution >= 0.6 is 0 Å². The molecule has 7 heteroatoms. The highest BCUT2D eigenvalue weighted by Crippen LogP contribution is 2.14. The van der Waals surface area contributed by atoms with Gasteiger partial charge in [0.1, 0.15) is 5.52 Å². The summed E-state index contributed by atoms with van der Waals surface area (Å²) >= 11 is 0. The summed E-state index contributed by atoms with van der Waals surface area (Å²) in [4.78, 5) is 4.04. The lowest BCUT2D eigenvalue weighted by molar-refractivity contribution is 0.786. The lowest BCUT2D eigenvalue weighted by atomic mass is 10.3. The van der Waals surface area contributed by atoms with Gasteiger partial charge in [0.2, 0.25) is 5.65 Å². The fourth-order valence-electron chi connectivity index (χ4n) is 1.22. The van der Waals surface area contributed by atoms with Crippen molar-refractivity contribution >= 4 is 22.2 Å². The Morgan fingerprint density at radius 3 is 2.71 bits per heavy atom. The molecule has 3 aromatic heterocycles. The Morgan fingerprint density at radius 2 is 1.71 bits per heavy atom. The van der Waals surface area contributed by atoms with Gasteiger partial charge in [-0.3, -0.25) is 0 Å². The number of hydrogen-bond acceptors (Lipinski definition) is 7. The number of pyridine rings is 1. The van der Waals surface area contributed by atoms with E-state index in [-0.39, 0.29) is 0 Å². The van der Waals surface area contributed by atoms with E-state index in [4.69, 9.17) is 0 Å². The highest BCUT2D eigenvalue weighted by atomic mass is 15.4. The van der Waals surface area contributed by atoms with Crippen molar-refractivity contribution in [2.45, 2.75) is 0 Å². The predicted molar refractivity (Wildman–Crippen MR) is 46.0 cm³/mol. The van der Waals surface area contributed by atoms with Crippen molar-refractivity contribution in [1.82, 2.24) is 35.8 Å². The van der Waals surface area contributed by atoms with Crippen LogP contribution in [0.1, 0.15) is 0 Å². The van der Waals surface area contributed by atoms with Gasteiger partial charge in [-0.15, -0.1) is 20.4 Å². The second-order valence-electron chi connectivity index (χ2n) is 2.63. The first-order valence-corrected chi connectivity index (χ1v) is 3.88. The van der Waals surface area contributed by atoms with Crippen LogP contribution in [0, 0.1) is 0 Å². The molecule has 0 unspecified atom stereocenters. The molecule has 0 amide bonds. The Morgan fingerprint density at radius 1 is 0.857 bits per heavy atom. The number of nitrogens with zero attached hydrogens (tertiary/aromatic N) is 7. The fraction of sp³-hybridized carbons (Fsp3) is 0. The van der Waals surface area contributed by atoms with E-state index in [9.17, 15) is 0 Å². The summed E-state index contributed by atoms with van der Waals surface area (Å²) in [6, 6.07) is 3.64. The van der Waals surface area contributed by atoms with Gasteiger partial charge < -0.3 is 0 Å². The summed E-state index contributed by atoms with van der Waals surface area (Å²) in [5.41, 5.74) is 1.47. The van der Waals surface area contributed by atoms with Crippen LogP contribution in [-0.4, -0.2) is 35.8 Å². The molecule has 66 valence electrons. The molecule has 0 aliphatic rings. The zero-order valence-corrected chi connectivity index (χ0v) is 6.86. The molecule has 14 heavy (non-hydrogen) atoms. The maximum absolute atomic E-state index is 4.04. The van der Waals surface area contributed by atoms with Gasteiger partial charge in [0.25, 0.3) is 0 Å². The second kappa shape index (κ2) is 2.59. The molecule has 7 nitrogen and oxygen atoms in total. The Balaban J connectivity index is 2.61. The molecule has 0 N–H and O–H groups in total. The van der Waals surface area contributed by atoms with Crippen molar-refractivity contribution < 1.29 is 0 Å². The van der Waals surface area contributed by atoms with Crippen molar-refractivity contribution in [3.05, 3.63) is 18.3 Å². The SMILES string of the molecule is c1cnc2nnc3nnnnc3c2c1. The average Bonchev–Trinajstić information content (AvgIpc) is 2.29. The maximum atomic E-state index is 4.04. The molecule has 0 fully saturated rings. The maximum Gasteiger partial charge on any atom is 0.226 e. The van der Waals surface area contributed by atoms with Crippen LogP contribution in [0.5, 0.6) is 0 Å². The zero-order chi connectivity index (χ0) is 9.38. The molecule has 3 aromatic rings. The molecule has 0 spiro atoms. The third kappa shape index (κ3) is 0.889. The molecule has 0 radical (unpaired) electrons.